The monoisotopic (exact) mass is 238 g/mol. The van der Waals surface area contributed by atoms with Crippen LogP contribution in [0.3, 0.4) is 0 Å². The Morgan fingerprint density at radius 3 is 2.59 bits per heavy atom. The number of hydrogen-bond donors (Lipinski definition) is 2. The summed E-state index contributed by atoms with van der Waals surface area (Å²) >= 11 is 0. The van der Waals surface area contributed by atoms with Crippen LogP contribution in [0.2, 0.25) is 0 Å². The third-order valence-electron chi connectivity index (χ3n) is 2.00. The van der Waals surface area contributed by atoms with E-state index in [-0.39, 0.29) is 5.54 Å². The number of ether oxygens (including phenoxy) is 1. The van der Waals surface area contributed by atoms with Gasteiger partial charge in [0.25, 0.3) is 0 Å². The highest BCUT2D eigenvalue weighted by atomic mass is 16.5. The van der Waals surface area contributed by atoms with Crippen molar-refractivity contribution in [2.75, 3.05) is 30.9 Å². The van der Waals surface area contributed by atoms with E-state index in [2.05, 4.69) is 41.4 Å². The number of rotatable bonds is 6. The van der Waals surface area contributed by atoms with Crippen molar-refractivity contribution in [2.24, 2.45) is 0 Å². The Labute approximate surface area is 103 Å². The van der Waals surface area contributed by atoms with Gasteiger partial charge in [-0.1, -0.05) is 0 Å². The van der Waals surface area contributed by atoms with Crippen LogP contribution in [-0.4, -0.2) is 35.8 Å². The first-order valence-electron chi connectivity index (χ1n) is 5.84. The van der Waals surface area contributed by atoms with Gasteiger partial charge in [-0.2, -0.15) is 0 Å². The molecule has 17 heavy (non-hydrogen) atoms. The molecule has 1 aromatic heterocycles. The third kappa shape index (κ3) is 6.06. The molecule has 5 nitrogen and oxygen atoms in total. The van der Waals surface area contributed by atoms with Gasteiger partial charge in [-0.05, 0) is 27.2 Å². The van der Waals surface area contributed by atoms with E-state index in [0.717, 1.165) is 31.2 Å². The van der Waals surface area contributed by atoms with E-state index in [4.69, 9.17) is 4.74 Å². The molecule has 0 aliphatic rings. The van der Waals surface area contributed by atoms with E-state index < -0.39 is 0 Å². The van der Waals surface area contributed by atoms with E-state index >= 15 is 0 Å². The average Bonchev–Trinajstić information content (AvgIpc) is 2.23. The van der Waals surface area contributed by atoms with Gasteiger partial charge in [0.1, 0.15) is 18.0 Å². The zero-order chi connectivity index (χ0) is 12.7. The van der Waals surface area contributed by atoms with E-state index in [9.17, 15) is 0 Å². The number of anilines is 2. The summed E-state index contributed by atoms with van der Waals surface area (Å²) in [6.07, 6.45) is 2.52. The molecule has 0 amide bonds. The van der Waals surface area contributed by atoms with E-state index in [1.165, 1.54) is 0 Å². The predicted molar refractivity (Wildman–Crippen MR) is 70.4 cm³/mol. The molecule has 0 fully saturated rings. The van der Waals surface area contributed by atoms with Crippen LogP contribution in [0.4, 0.5) is 11.6 Å². The minimum atomic E-state index is 0.00166. The molecule has 0 atom stereocenters. The molecule has 0 aromatic carbocycles. The van der Waals surface area contributed by atoms with Crippen LogP contribution < -0.4 is 10.6 Å². The maximum atomic E-state index is 4.98. The van der Waals surface area contributed by atoms with Gasteiger partial charge >= 0.3 is 0 Å². The maximum Gasteiger partial charge on any atom is 0.131 e. The fourth-order valence-electron chi connectivity index (χ4n) is 1.34. The molecule has 0 radical (unpaired) electrons. The summed E-state index contributed by atoms with van der Waals surface area (Å²) in [5.41, 5.74) is 0.00166. The number of hydrogen-bond acceptors (Lipinski definition) is 5. The molecule has 1 rings (SSSR count). The smallest absolute Gasteiger partial charge is 0.131 e. The van der Waals surface area contributed by atoms with Crippen LogP contribution in [0.1, 0.15) is 27.2 Å². The quantitative estimate of drug-likeness (QED) is 0.744. The van der Waals surface area contributed by atoms with Crippen molar-refractivity contribution in [1.29, 1.82) is 0 Å². The van der Waals surface area contributed by atoms with Crippen molar-refractivity contribution in [2.45, 2.75) is 32.7 Å². The SMILES string of the molecule is COCCCNc1cc(NC(C)(C)C)ncn1. The molecule has 96 valence electrons. The Bertz CT molecular complexity index is 336. The van der Waals surface area contributed by atoms with Crippen molar-refractivity contribution >= 4 is 11.6 Å². The van der Waals surface area contributed by atoms with Crippen LogP contribution in [0.15, 0.2) is 12.4 Å². The average molecular weight is 238 g/mol. The van der Waals surface area contributed by atoms with E-state index in [0.29, 0.717) is 0 Å². The largest absolute Gasteiger partial charge is 0.385 e. The second-order valence-corrected chi connectivity index (χ2v) is 4.94. The molecular formula is C12H22N4O. The number of methoxy groups -OCH3 is 1. The molecule has 2 N–H and O–H groups in total. The second-order valence-electron chi connectivity index (χ2n) is 4.94. The van der Waals surface area contributed by atoms with Gasteiger partial charge in [0.2, 0.25) is 0 Å². The molecule has 0 spiro atoms. The zero-order valence-electron chi connectivity index (χ0n) is 11.1. The van der Waals surface area contributed by atoms with E-state index in [1.54, 1.807) is 13.4 Å². The lowest BCUT2D eigenvalue weighted by Gasteiger charge is -2.21. The van der Waals surface area contributed by atoms with Gasteiger partial charge in [0.05, 0.1) is 0 Å². The van der Waals surface area contributed by atoms with Crippen molar-refractivity contribution in [3.05, 3.63) is 12.4 Å². The first kappa shape index (κ1) is 13.7. The van der Waals surface area contributed by atoms with Crippen LogP contribution in [0, 0.1) is 0 Å². The first-order valence-corrected chi connectivity index (χ1v) is 5.84. The number of nitrogens with one attached hydrogen (secondary N) is 2. The molecule has 5 heteroatoms. The second kappa shape index (κ2) is 6.39. The topological polar surface area (TPSA) is 59.1 Å². The third-order valence-corrected chi connectivity index (χ3v) is 2.00. The van der Waals surface area contributed by atoms with Crippen molar-refractivity contribution < 1.29 is 4.74 Å². The molecule has 0 unspecified atom stereocenters. The molecule has 0 bridgehead atoms. The lowest BCUT2D eigenvalue weighted by atomic mass is 10.1. The summed E-state index contributed by atoms with van der Waals surface area (Å²) < 4.78 is 4.98. The fraction of sp³-hybridized carbons (Fsp3) is 0.667. The predicted octanol–water partition coefficient (Wildman–Crippen LogP) is 2.14. The Morgan fingerprint density at radius 1 is 1.24 bits per heavy atom. The van der Waals surface area contributed by atoms with Gasteiger partial charge in [-0.15, -0.1) is 0 Å². The minimum absolute atomic E-state index is 0.00166. The van der Waals surface area contributed by atoms with Crippen molar-refractivity contribution in [3.8, 4) is 0 Å². The minimum Gasteiger partial charge on any atom is -0.385 e. The Hall–Kier alpha value is -1.36. The van der Waals surface area contributed by atoms with Gasteiger partial charge in [0, 0.05) is 31.9 Å². The number of aromatic nitrogens is 2. The highest BCUT2D eigenvalue weighted by molar-refractivity contribution is 5.47. The molecule has 0 saturated heterocycles. The lowest BCUT2D eigenvalue weighted by molar-refractivity contribution is 0.198. The lowest BCUT2D eigenvalue weighted by Crippen LogP contribution is -2.26. The van der Waals surface area contributed by atoms with Gasteiger partial charge in [0.15, 0.2) is 0 Å². The zero-order valence-corrected chi connectivity index (χ0v) is 11.1. The van der Waals surface area contributed by atoms with Gasteiger partial charge in [-0.25, -0.2) is 9.97 Å². The van der Waals surface area contributed by atoms with Crippen LogP contribution in [0.5, 0.6) is 0 Å². The maximum absolute atomic E-state index is 4.98. The molecular weight excluding hydrogens is 216 g/mol. The fourth-order valence-corrected chi connectivity index (χ4v) is 1.34. The summed E-state index contributed by atoms with van der Waals surface area (Å²) in [5, 5.41) is 6.54. The first-order chi connectivity index (χ1) is 8.01. The van der Waals surface area contributed by atoms with E-state index in [1.807, 2.05) is 6.07 Å². The summed E-state index contributed by atoms with van der Waals surface area (Å²) in [6, 6.07) is 1.91. The highest BCUT2D eigenvalue weighted by Gasteiger charge is 2.10. The van der Waals surface area contributed by atoms with Gasteiger partial charge in [-0.3, -0.25) is 0 Å². The Kier molecular flexibility index (Phi) is 5.15. The van der Waals surface area contributed by atoms with Crippen molar-refractivity contribution in [1.82, 2.24) is 9.97 Å². The van der Waals surface area contributed by atoms with Crippen LogP contribution >= 0.6 is 0 Å². The Morgan fingerprint density at radius 2 is 1.94 bits per heavy atom. The molecule has 0 saturated carbocycles. The molecule has 1 aromatic rings. The van der Waals surface area contributed by atoms with Crippen molar-refractivity contribution in [3.63, 3.8) is 0 Å². The summed E-state index contributed by atoms with van der Waals surface area (Å²) in [5.74, 6) is 1.67. The normalized spacial score (nSPS) is 11.3. The summed E-state index contributed by atoms with van der Waals surface area (Å²) in [4.78, 5) is 8.35. The van der Waals surface area contributed by atoms with Crippen LogP contribution in [-0.2, 0) is 4.74 Å². The van der Waals surface area contributed by atoms with Crippen LogP contribution in [0.25, 0.3) is 0 Å². The molecule has 0 aliphatic heterocycles. The summed E-state index contributed by atoms with van der Waals surface area (Å²) in [7, 11) is 1.70. The number of nitrogens with zero attached hydrogens (tertiary/aromatic N) is 2. The highest BCUT2D eigenvalue weighted by Crippen LogP contribution is 2.14. The standard InChI is InChI=1S/C12H22N4O/c1-12(2,3)16-11-8-10(14-9-15-11)13-6-5-7-17-4/h8-9H,5-7H2,1-4H3,(H2,13,14,15,16). The summed E-state index contributed by atoms with van der Waals surface area (Å²) in [6.45, 7) is 7.90. The Balaban J connectivity index is 2.48. The molecule has 0 aliphatic carbocycles. The molecule has 1 heterocycles. The van der Waals surface area contributed by atoms with Gasteiger partial charge < -0.3 is 15.4 Å².